The van der Waals surface area contributed by atoms with Gasteiger partial charge in [0.05, 0.1) is 0 Å². The number of nitrogens with zero attached hydrogens (tertiary/aromatic N) is 2. The van der Waals surface area contributed by atoms with Crippen LogP contribution in [0.3, 0.4) is 0 Å². The Morgan fingerprint density at radius 1 is 0.476 bits per heavy atom. The molecule has 0 aliphatic heterocycles. The lowest BCUT2D eigenvalue weighted by Gasteiger charge is -1.99. The fourth-order valence-electron chi connectivity index (χ4n) is 3.80. The SMILES string of the molecule is BrCCCCC#CC#CCCCCBr.Cc1cc[n+](CCCCC#CC#CCCCC[n+]2ccc(C)c(C)c2)cc1C. The number of halogens is 2. The quantitative estimate of drug-likeness (QED) is 0.0810. The Balaban J connectivity index is 0.000000532. The van der Waals surface area contributed by atoms with E-state index in [0.29, 0.717) is 0 Å². The van der Waals surface area contributed by atoms with Crippen molar-refractivity contribution >= 4 is 31.9 Å². The minimum atomic E-state index is 0.934. The van der Waals surface area contributed by atoms with E-state index in [9.17, 15) is 0 Å². The van der Waals surface area contributed by atoms with Gasteiger partial charge in [0.15, 0.2) is 24.8 Å². The van der Waals surface area contributed by atoms with Crippen LogP contribution in [0.25, 0.3) is 0 Å². The minimum Gasteiger partial charge on any atom is -0.205 e. The summed E-state index contributed by atoms with van der Waals surface area (Å²) >= 11 is 6.77. The zero-order valence-electron chi connectivity index (χ0n) is 26.4. The summed E-state index contributed by atoms with van der Waals surface area (Å²) in [5.41, 5.74) is 5.41. The van der Waals surface area contributed by atoms with Crippen molar-refractivity contribution in [2.24, 2.45) is 0 Å². The molecule has 42 heavy (non-hydrogen) atoms. The monoisotopic (exact) mass is 692 g/mol. The number of aryl methyl sites for hydroxylation is 6. The summed E-state index contributed by atoms with van der Waals surface area (Å²) in [4.78, 5) is 0. The number of rotatable bonds is 14. The second kappa shape index (κ2) is 26.2. The van der Waals surface area contributed by atoms with Gasteiger partial charge in [0.1, 0.15) is 13.1 Å². The number of alkyl halides is 2. The second-order valence-electron chi connectivity index (χ2n) is 10.5. The predicted octanol–water partition coefficient (Wildman–Crippen LogP) is 8.67. The van der Waals surface area contributed by atoms with Gasteiger partial charge in [-0.1, -0.05) is 55.5 Å². The van der Waals surface area contributed by atoms with Crippen molar-refractivity contribution in [1.82, 2.24) is 0 Å². The first-order valence-corrected chi connectivity index (χ1v) is 17.7. The van der Waals surface area contributed by atoms with Crippen molar-refractivity contribution in [2.75, 3.05) is 10.7 Å². The van der Waals surface area contributed by atoms with Gasteiger partial charge in [-0.25, -0.2) is 9.13 Å². The third kappa shape index (κ3) is 20.4. The topological polar surface area (TPSA) is 7.76 Å². The Labute approximate surface area is 274 Å². The molecule has 2 rings (SSSR count). The van der Waals surface area contributed by atoms with Gasteiger partial charge in [-0.3, -0.25) is 0 Å². The molecule has 0 saturated heterocycles. The molecule has 0 spiro atoms. The van der Waals surface area contributed by atoms with Crippen molar-refractivity contribution in [3.8, 4) is 47.4 Å². The van der Waals surface area contributed by atoms with Crippen molar-refractivity contribution in [3.63, 3.8) is 0 Å². The normalized spacial score (nSPS) is 9.48. The van der Waals surface area contributed by atoms with Crippen molar-refractivity contribution in [1.29, 1.82) is 0 Å². The highest BCUT2D eigenvalue weighted by molar-refractivity contribution is 9.09. The fourth-order valence-corrected chi connectivity index (χ4v) is 4.59. The molecule has 0 atom stereocenters. The van der Waals surface area contributed by atoms with Crippen LogP contribution in [0.4, 0.5) is 0 Å². The van der Waals surface area contributed by atoms with E-state index >= 15 is 0 Å². The summed E-state index contributed by atoms with van der Waals surface area (Å²) in [5, 5.41) is 2.15. The van der Waals surface area contributed by atoms with E-state index in [4.69, 9.17) is 0 Å². The molecule has 0 unspecified atom stereocenters. The average Bonchev–Trinajstić information content (AvgIpc) is 2.98. The van der Waals surface area contributed by atoms with Gasteiger partial charge in [0.2, 0.25) is 0 Å². The molecular weight excluding hydrogens is 644 g/mol. The van der Waals surface area contributed by atoms with E-state index in [1.165, 1.54) is 47.9 Å². The van der Waals surface area contributed by atoms with Crippen LogP contribution in [0.1, 0.15) is 99.3 Å². The van der Waals surface area contributed by atoms with Crippen LogP contribution in [0.2, 0.25) is 0 Å². The Morgan fingerprint density at radius 2 is 0.810 bits per heavy atom. The Hall–Kier alpha value is -2.50. The van der Waals surface area contributed by atoms with Crippen LogP contribution in [0, 0.1) is 75.1 Å². The van der Waals surface area contributed by atoms with Crippen LogP contribution < -0.4 is 9.13 Å². The van der Waals surface area contributed by atoms with E-state index in [-0.39, 0.29) is 0 Å². The van der Waals surface area contributed by atoms with Crippen molar-refractivity contribution in [2.45, 2.75) is 118 Å². The number of pyridine rings is 2. The third-order valence-electron chi connectivity index (χ3n) is 6.78. The van der Waals surface area contributed by atoms with Gasteiger partial charge in [-0.05, 0) is 101 Å². The number of aromatic nitrogens is 2. The van der Waals surface area contributed by atoms with E-state index in [1.807, 2.05) is 0 Å². The van der Waals surface area contributed by atoms with Gasteiger partial charge >= 0.3 is 0 Å². The molecule has 2 heterocycles. The molecular formula is C38H50Br2N2+2. The molecule has 0 aromatic carbocycles. The van der Waals surface area contributed by atoms with E-state index in [2.05, 4.69) is 153 Å². The number of unbranched alkanes of at least 4 members (excludes halogenated alkanes) is 8. The van der Waals surface area contributed by atoms with Gasteiger partial charge in [-0.2, -0.15) is 0 Å². The Bertz CT molecular complexity index is 1180. The predicted molar refractivity (Wildman–Crippen MR) is 186 cm³/mol. The third-order valence-corrected chi connectivity index (χ3v) is 7.90. The molecule has 0 aliphatic carbocycles. The Morgan fingerprint density at radius 3 is 1.12 bits per heavy atom. The van der Waals surface area contributed by atoms with E-state index in [1.54, 1.807) is 0 Å². The summed E-state index contributed by atoms with van der Waals surface area (Å²) in [6.45, 7) is 10.8. The average molecular weight is 695 g/mol. The first kappa shape index (κ1) is 37.5. The maximum Gasteiger partial charge on any atom is 0.171 e. The van der Waals surface area contributed by atoms with Crippen LogP contribution in [-0.2, 0) is 13.1 Å². The highest BCUT2D eigenvalue weighted by Gasteiger charge is 2.03. The molecule has 0 fully saturated rings. The molecule has 4 heteroatoms. The summed E-state index contributed by atoms with van der Waals surface area (Å²) in [6, 6.07) is 4.37. The largest absolute Gasteiger partial charge is 0.205 e. The lowest BCUT2D eigenvalue weighted by Crippen LogP contribution is -2.33. The molecule has 0 bridgehead atoms. The molecule has 0 aliphatic rings. The summed E-state index contributed by atoms with van der Waals surface area (Å²) in [7, 11) is 0. The van der Waals surface area contributed by atoms with Crippen LogP contribution in [-0.4, -0.2) is 10.7 Å². The zero-order chi connectivity index (χ0) is 30.7. The van der Waals surface area contributed by atoms with Crippen LogP contribution >= 0.6 is 31.9 Å². The van der Waals surface area contributed by atoms with Gasteiger partial charge in [0, 0.05) is 72.4 Å². The summed E-state index contributed by atoms with van der Waals surface area (Å²) in [5.74, 6) is 24.2. The standard InChI is InChI=1S/C26H34N2.C12H16Br2/c1-23-15-19-27(21-25(23)3)17-13-11-9-7-5-6-8-10-12-14-18-28-20-16-24(2)26(4)22-28;13-11-9-7-5-3-1-2-4-6-8-10-12-14/h15-16,19-22H,9-14,17-18H2,1-4H3;5-12H2/q+2;. The molecule has 2 aromatic heterocycles. The lowest BCUT2D eigenvalue weighted by atomic mass is 10.2. The molecule has 224 valence electrons. The summed E-state index contributed by atoms with van der Waals surface area (Å²) < 4.78 is 4.54. The van der Waals surface area contributed by atoms with E-state index < -0.39 is 0 Å². The highest BCUT2D eigenvalue weighted by atomic mass is 79.9. The first-order valence-electron chi connectivity index (χ1n) is 15.4. The number of hydrogen-bond donors (Lipinski definition) is 0. The Kier molecular flexibility index (Phi) is 23.4. The van der Waals surface area contributed by atoms with Crippen LogP contribution in [0.5, 0.6) is 0 Å². The zero-order valence-corrected chi connectivity index (χ0v) is 29.6. The lowest BCUT2D eigenvalue weighted by molar-refractivity contribution is -0.697. The minimum absolute atomic E-state index is 0.934. The second-order valence-corrected chi connectivity index (χ2v) is 12.1. The molecule has 0 N–H and O–H groups in total. The van der Waals surface area contributed by atoms with Gasteiger partial charge in [-0.15, -0.1) is 0 Å². The molecule has 2 aromatic rings. The van der Waals surface area contributed by atoms with Gasteiger partial charge < -0.3 is 0 Å². The molecule has 0 amide bonds. The van der Waals surface area contributed by atoms with Crippen molar-refractivity contribution in [3.05, 3.63) is 59.2 Å². The number of hydrogen-bond acceptors (Lipinski definition) is 0. The molecule has 0 saturated carbocycles. The summed E-state index contributed by atoms with van der Waals surface area (Å²) in [6.07, 6.45) is 21.9. The fraction of sp³-hybridized carbons (Fsp3) is 0.526. The maximum atomic E-state index is 3.39. The van der Waals surface area contributed by atoms with E-state index in [0.717, 1.165) is 75.1 Å². The van der Waals surface area contributed by atoms with Crippen LogP contribution in [0.15, 0.2) is 36.9 Å². The van der Waals surface area contributed by atoms with Gasteiger partial charge in [0.25, 0.3) is 0 Å². The molecule has 0 radical (unpaired) electrons. The highest BCUT2D eigenvalue weighted by Crippen LogP contribution is 2.03. The molecule has 2 nitrogen and oxygen atoms in total. The maximum absolute atomic E-state index is 3.39. The van der Waals surface area contributed by atoms with Crippen molar-refractivity contribution < 1.29 is 9.13 Å². The smallest absolute Gasteiger partial charge is 0.171 e. The first-order chi connectivity index (χ1) is 20.5.